The van der Waals surface area contributed by atoms with E-state index in [1.165, 1.54) is 0 Å². The number of fused-ring (bicyclic) bond motifs is 1. The highest BCUT2D eigenvalue weighted by atomic mass is 16.6. The van der Waals surface area contributed by atoms with E-state index in [0.29, 0.717) is 19.8 Å². The first-order chi connectivity index (χ1) is 13.7. The minimum absolute atomic E-state index is 0.0358. The van der Waals surface area contributed by atoms with Crippen molar-refractivity contribution >= 4 is 11.7 Å². The molecule has 1 aromatic heterocycles. The Morgan fingerprint density at radius 2 is 1.89 bits per heavy atom. The lowest BCUT2D eigenvalue weighted by Gasteiger charge is -2.35. The molecule has 0 saturated carbocycles. The second-order valence-corrected chi connectivity index (χ2v) is 7.14. The van der Waals surface area contributed by atoms with Crippen molar-refractivity contribution < 1.29 is 14.3 Å². The molecule has 4 rings (SSSR count). The van der Waals surface area contributed by atoms with Gasteiger partial charge in [0.2, 0.25) is 5.91 Å². The smallest absolute Gasteiger partial charge is 0.234 e. The lowest BCUT2D eigenvalue weighted by atomic mass is 10.1. The lowest BCUT2D eigenvalue weighted by molar-refractivity contribution is -0.123. The maximum atomic E-state index is 12.5. The van der Waals surface area contributed by atoms with Crippen molar-refractivity contribution in [1.29, 1.82) is 0 Å². The summed E-state index contributed by atoms with van der Waals surface area (Å²) in [5.74, 6) is 2.54. The number of amides is 1. The van der Waals surface area contributed by atoms with Crippen molar-refractivity contribution in [2.24, 2.45) is 0 Å². The van der Waals surface area contributed by atoms with E-state index in [9.17, 15) is 4.79 Å². The summed E-state index contributed by atoms with van der Waals surface area (Å²) < 4.78 is 11.2. The van der Waals surface area contributed by atoms with E-state index in [-0.39, 0.29) is 11.9 Å². The number of anilines is 1. The molecule has 1 fully saturated rings. The molecule has 1 N–H and O–H groups in total. The molecule has 2 aliphatic rings. The van der Waals surface area contributed by atoms with E-state index < -0.39 is 0 Å². The van der Waals surface area contributed by atoms with Crippen LogP contribution in [0.25, 0.3) is 0 Å². The zero-order valence-electron chi connectivity index (χ0n) is 16.1. The first-order valence-corrected chi connectivity index (χ1v) is 9.76. The van der Waals surface area contributed by atoms with Gasteiger partial charge in [-0.25, -0.2) is 4.98 Å². The van der Waals surface area contributed by atoms with Gasteiger partial charge in [0.25, 0.3) is 0 Å². The Kier molecular flexibility index (Phi) is 5.62. The minimum Gasteiger partial charge on any atom is -0.486 e. The number of ether oxygens (including phenoxy) is 2. The lowest BCUT2D eigenvalue weighted by Crippen LogP contribution is -2.49. The summed E-state index contributed by atoms with van der Waals surface area (Å²) in [6, 6.07) is 11.7. The van der Waals surface area contributed by atoms with Gasteiger partial charge < -0.3 is 19.7 Å². The second kappa shape index (κ2) is 8.48. The van der Waals surface area contributed by atoms with Crippen LogP contribution < -0.4 is 19.7 Å². The Morgan fingerprint density at radius 3 is 2.64 bits per heavy atom. The topological polar surface area (TPSA) is 66.9 Å². The van der Waals surface area contributed by atoms with Gasteiger partial charge in [-0.1, -0.05) is 12.1 Å². The SMILES string of the molecule is C[C@@H](NC(=O)CN1CCN(c2ccccn2)CC1)c1ccc2c(c1)OCCO2. The quantitative estimate of drug-likeness (QED) is 0.851. The van der Waals surface area contributed by atoms with Gasteiger partial charge >= 0.3 is 0 Å². The van der Waals surface area contributed by atoms with Crippen LogP contribution in [-0.2, 0) is 4.79 Å². The van der Waals surface area contributed by atoms with Gasteiger partial charge in [0, 0.05) is 32.4 Å². The van der Waals surface area contributed by atoms with Crippen molar-refractivity contribution in [2.45, 2.75) is 13.0 Å². The molecule has 2 aliphatic heterocycles. The normalized spacial score (nSPS) is 17.8. The summed E-state index contributed by atoms with van der Waals surface area (Å²) in [4.78, 5) is 21.3. The number of rotatable bonds is 5. The molecule has 0 aliphatic carbocycles. The second-order valence-electron chi connectivity index (χ2n) is 7.14. The molecule has 0 spiro atoms. The van der Waals surface area contributed by atoms with Crippen LogP contribution in [-0.4, -0.2) is 61.7 Å². The van der Waals surface area contributed by atoms with Gasteiger partial charge in [0.15, 0.2) is 11.5 Å². The molecule has 1 atom stereocenters. The first-order valence-electron chi connectivity index (χ1n) is 9.76. The fourth-order valence-corrected chi connectivity index (χ4v) is 3.58. The molecule has 28 heavy (non-hydrogen) atoms. The van der Waals surface area contributed by atoms with Gasteiger partial charge in [-0.3, -0.25) is 9.69 Å². The highest BCUT2D eigenvalue weighted by molar-refractivity contribution is 5.78. The Bertz CT molecular complexity index is 807. The number of nitrogens with one attached hydrogen (secondary N) is 1. The summed E-state index contributed by atoms with van der Waals surface area (Å²) in [5, 5.41) is 3.09. The zero-order chi connectivity index (χ0) is 19.3. The van der Waals surface area contributed by atoms with Crippen LogP contribution in [0, 0.1) is 0 Å². The third kappa shape index (κ3) is 4.36. The molecular weight excluding hydrogens is 356 g/mol. The predicted octanol–water partition coefficient (Wildman–Crippen LogP) is 1.85. The summed E-state index contributed by atoms with van der Waals surface area (Å²) >= 11 is 0. The highest BCUT2D eigenvalue weighted by Crippen LogP contribution is 2.32. The van der Waals surface area contributed by atoms with Crippen LogP contribution in [0.3, 0.4) is 0 Å². The number of benzene rings is 1. The van der Waals surface area contributed by atoms with Crippen LogP contribution in [0.4, 0.5) is 5.82 Å². The maximum Gasteiger partial charge on any atom is 0.234 e. The average Bonchev–Trinajstić information content (AvgIpc) is 2.74. The molecule has 0 bridgehead atoms. The number of piperazine rings is 1. The average molecular weight is 382 g/mol. The van der Waals surface area contributed by atoms with Crippen molar-refractivity contribution in [2.75, 3.05) is 50.8 Å². The third-order valence-electron chi connectivity index (χ3n) is 5.16. The predicted molar refractivity (Wildman–Crippen MR) is 107 cm³/mol. The van der Waals surface area contributed by atoms with Crippen molar-refractivity contribution in [1.82, 2.24) is 15.2 Å². The number of hydrogen-bond donors (Lipinski definition) is 1. The molecule has 1 saturated heterocycles. The Labute approximate surface area is 165 Å². The summed E-state index contributed by atoms with van der Waals surface area (Å²) in [5.41, 5.74) is 1.01. The van der Waals surface area contributed by atoms with Crippen LogP contribution in [0.15, 0.2) is 42.6 Å². The van der Waals surface area contributed by atoms with Crippen LogP contribution in [0.5, 0.6) is 11.5 Å². The van der Waals surface area contributed by atoms with Crippen molar-refractivity contribution in [3.8, 4) is 11.5 Å². The van der Waals surface area contributed by atoms with E-state index in [0.717, 1.165) is 49.1 Å². The number of pyridine rings is 1. The molecule has 0 radical (unpaired) electrons. The Morgan fingerprint density at radius 1 is 1.11 bits per heavy atom. The summed E-state index contributed by atoms with van der Waals surface area (Å²) in [7, 11) is 0. The molecule has 148 valence electrons. The van der Waals surface area contributed by atoms with Gasteiger partial charge in [-0.2, -0.15) is 0 Å². The number of hydrogen-bond acceptors (Lipinski definition) is 6. The van der Waals surface area contributed by atoms with E-state index in [2.05, 4.69) is 20.1 Å². The maximum absolute atomic E-state index is 12.5. The van der Waals surface area contributed by atoms with Gasteiger partial charge in [-0.15, -0.1) is 0 Å². The largest absolute Gasteiger partial charge is 0.486 e. The summed E-state index contributed by atoms with van der Waals surface area (Å²) in [6.07, 6.45) is 1.81. The van der Waals surface area contributed by atoms with Gasteiger partial charge in [-0.05, 0) is 36.8 Å². The highest BCUT2D eigenvalue weighted by Gasteiger charge is 2.21. The van der Waals surface area contributed by atoms with E-state index >= 15 is 0 Å². The number of nitrogens with zero attached hydrogens (tertiary/aromatic N) is 3. The molecule has 7 heteroatoms. The Hall–Kier alpha value is -2.80. The first kappa shape index (κ1) is 18.6. The fraction of sp³-hybridized carbons (Fsp3) is 0.429. The minimum atomic E-state index is -0.0851. The standard InChI is InChI=1S/C21H26N4O3/c1-16(17-5-6-18-19(14-17)28-13-12-27-18)23-21(26)15-24-8-10-25(11-9-24)20-4-2-3-7-22-20/h2-7,14,16H,8-13,15H2,1H3,(H,23,26)/t16-/m1/s1. The van der Waals surface area contributed by atoms with Crippen LogP contribution in [0.2, 0.25) is 0 Å². The molecule has 3 heterocycles. The van der Waals surface area contributed by atoms with E-state index in [1.54, 1.807) is 0 Å². The van der Waals surface area contributed by atoms with Gasteiger partial charge in [0.1, 0.15) is 19.0 Å². The molecule has 2 aromatic rings. The summed E-state index contributed by atoms with van der Waals surface area (Å²) in [6.45, 7) is 6.98. The monoisotopic (exact) mass is 382 g/mol. The van der Waals surface area contributed by atoms with E-state index in [4.69, 9.17) is 9.47 Å². The fourth-order valence-electron chi connectivity index (χ4n) is 3.58. The van der Waals surface area contributed by atoms with Crippen molar-refractivity contribution in [3.05, 3.63) is 48.2 Å². The van der Waals surface area contributed by atoms with Crippen LogP contribution >= 0.6 is 0 Å². The molecular formula is C21H26N4O3. The zero-order valence-corrected chi connectivity index (χ0v) is 16.1. The third-order valence-corrected chi connectivity index (χ3v) is 5.16. The number of aromatic nitrogens is 1. The number of carbonyl (C=O) groups excluding carboxylic acids is 1. The molecule has 1 amide bonds. The van der Waals surface area contributed by atoms with Crippen LogP contribution in [0.1, 0.15) is 18.5 Å². The molecule has 1 aromatic carbocycles. The molecule has 7 nitrogen and oxygen atoms in total. The van der Waals surface area contributed by atoms with E-state index in [1.807, 2.05) is 49.5 Å². The number of carbonyl (C=O) groups is 1. The van der Waals surface area contributed by atoms with Gasteiger partial charge in [0.05, 0.1) is 12.6 Å². The Balaban J connectivity index is 1.27. The van der Waals surface area contributed by atoms with Crippen molar-refractivity contribution in [3.63, 3.8) is 0 Å². The molecule has 0 unspecified atom stereocenters.